The molecule has 90 valence electrons. The molecular formula is C10H10BrN3O2S. The van der Waals surface area contributed by atoms with Gasteiger partial charge < -0.3 is 0 Å². The zero-order valence-corrected chi connectivity index (χ0v) is 11.1. The minimum absolute atomic E-state index is 0.225. The summed E-state index contributed by atoms with van der Waals surface area (Å²) in [5.74, 6) is 0. The molecule has 0 spiro atoms. The van der Waals surface area contributed by atoms with Crippen molar-refractivity contribution in [3.05, 3.63) is 42.2 Å². The van der Waals surface area contributed by atoms with E-state index in [2.05, 4.69) is 30.8 Å². The zero-order valence-electron chi connectivity index (χ0n) is 8.72. The second-order valence-corrected chi connectivity index (χ2v) is 5.61. The maximum atomic E-state index is 11.9. The highest BCUT2D eigenvalue weighted by molar-refractivity contribution is 9.08. The highest BCUT2D eigenvalue weighted by Gasteiger charge is 2.14. The molecule has 2 rings (SSSR count). The molecule has 5 nitrogen and oxygen atoms in total. The number of aromatic nitrogens is 2. The summed E-state index contributed by atoms with van der Waals surface area (Å²) in [7, 11) is -3.53. The molecular weight excluding hydrogens is 306 g/mol. The van der Waals surface area contributed by atoms with Crippen molar-refractivity contribution in [2.24, 2.45) is 0 Å². The van der Waals surface area contributed by atoms with Crippen molar-refractivity contribution in [1.29, 1.82) is 0 Å². The van der Waals surface area contributed by atoms with Crippen molar-refractivity contribution in [3.8, 4) is 0 Å². The number of H-pyrrole nitrogens is 1. The zero-order chi connectivity index (χ0) is 12.3. The van der Waals surface area contributed by atoms with Gasteiger partial charge in [0, 0.05) is 11.5 Å². The molecule has 0 saturated heterocycles. The van der Waals surface area contributed by atoms with Crippen molar-refractivity contribution >= 4 is 31.6 Å². The number of nitrogens with zero attached hydrogens (tertiary/aromatic N) is 1. The quantitative estimate of drug-likeness (QED) is 0.848. The molecule has 0 atom stereocenters. The molecule has 7 heteroatoms. The first-order valence-electron chi connectivity index (χ1n) is 4.78. The maximum Gasteiger partial charge on any atom is 0.261 e. The van der Waals surface area contributed by atoms with E-state index in [-0.39, 0.29) is 4.90 Å². The van der Waals surface area contributed by atoms with Crippen molar-refractivity contribution in [3.63, 3.8) is 0 Å². The van der Waals surface area contributed by atoms with Crippen LogP contribution in [0.4, 0.5) is 5.69 Å². The van der Waals surface area contributed by atoms with Crippen molar-refractivity contribution in [2.45, 2.75) is 10.2 Å². The highest BCUT2D eigenvalue weighted by Crippen LogP contribution is 2.16. The fourth-order valence-electron chi connectivity index (χ4n) is 1.28. The molecule has 0 amide bonds. The second-order valence-electron chi connectivity index (χ2n) is 3.37. The Morgan fingerprint density at radius 2 is 2.00 bits per heavy atom. The van der Waals surface area contributed by atoms with E-state index in [1.54, 1.807) is 24.3 Å². The SMILES string of the molecule is O=S(=O)(Nc1cn[nH]c1)c1ccc(CBr)cc1. The van der Waals surface area contributed by atoms with E-state index >= 15 is 0 Å². The Balaban J connectivity index is 2.25. The lowest BCUT2D eigenvalue weighted by molar-refractivity contribution is 0.601. The smallest absolute Gasteiger partial charge is 0.261 e. The number of sulfonamides is 1. The van der Waals surface area contributed by atoms with Crippen LogP contribution in [0.5, 0.6) is 0 Å². The molecule has 1 aromatic carbocycles. The van der Waals surface area contributed by atoms with Crippen LogP contribution in [0.15, 0.2) is 41.6 Å². The Hall–Kier alpha value is -1.34. The van der Waals surface area contributed by atoms with E-state index in [1.165, 1.54) is 12.4 Å². The van der Waals surface area contributed by atoms with E-state index < -0.39 is 10.0 Å². The number of hydrogen-bond acceptors (Lipinski definition) is 3. The Morgan fingerprint density at radius 1 is 1.29 bits per heavy atom. The lowest BCUT2D eigenvalue weighted by atomic mass is 10.2. The maximum absolute atomic E-state index is 11.9. The van der Waals surface area contributed by atoms with Crippen LogP contribution in [-0.2, 0) is 15.4 Å². The molecule has 0 fully saturated rings. The van der Waals surface area contributed by atoms with Gasteiger partial charge in [-0.1, -0.05) is 28.1 Å². The van der Waals surface area contributed by atoms with Crippen LogP contribution in [0.3, 0.4) is 0 Å². The van der Waals surface area contributed by atoms with E-state index in [0.717, 1.165) is 5.56 Å². The van der Waals surface area contributed by atoms with Crippen molar-refractivity contribution in [2.75, 3.05) is 4.72 Å². The predicted molar refractivity (Wildman–Crippen MR) is 68.5 cm³/mol. The monoisotopic (exact) mass is 315 g/mol. The average molecular weight is 316 g/mol. The summed E-state index contributed by atoms with van der Waals surface area (Å²) in [5.41, 5.74) is 1.43. The van der Waals surface area contributed by atoms with Gasteiger partial charge in [0.2, 0.25) is 0 Å². The molecule has 0 unspecified atom stereocenters. The molecule has 1 heterocycles. The molecule has 0 aliphatic heterocycles. The molecule has 0 saturated carbocycles. The fourth-order valence-corrected chi connectivity index (χ4v) is 2.69. The number of nitrogens with one attached hydrogen (secondary N) is 2. The summed E-state index contributed by atoms with van der Waals surface area (Å²) in [6.07, 6.45) is 2.88. The predicted octanol–water partition coefficient (Wildman–Crippen LogP) is 2.11. The number of anilines is 1. The number of hydrogen-bond donors (Lipinski definition) is 2. The third-order valence-electron chi connectivity index (χ3n) is 2.14. The second kappa shape index (κ2) is 4.89. The Kier molecular flexibility index (Phi) is 3.49. The molecule has 0 bridgehead atoms. The molecule has 0 aliphatic rings. The van der Waals surface area contributed by atoms with Gasteiger partial charge in [0.25, 0.3) is 10.0 Å². The van der Waals surface area contributed by atoms with Crippen molar-refractivity contribution in [1.82, 2.24) is 10.2 Å². The molecule has 1 aromatic heterocycles. The first kappa shape index (κ1) is 12.1. The standard InChI is InChI=1S/C10H10BrN3O2S/c11-5-8-1-3-10(4-2-8)17(15,16)14-9-6-12-13-7-9/h1-4,6-7,14H,5H2,(H,12,13). The van der Waals surface area contributed by atoms with Gasteiger partial charge in [0.05, 0.1) is 16.8 Å². The molecule has 2 N–H and O–H groups in total. The first-order chi connectivity index (χ1) is 8.12. The summed E-state index contributed by atoms with van der Waals surface area (Å²) in [4.78, 5) is 0.225. The number of halogens is 1. The fraction of sp³-hybridized carbons (Fsp3) is 0.100. The summed E-state index contributed by atoms with van der Waals surface area (Å²) in [6, 6.07) is 6.66. The van der Waals surface area contributed by atoms with Crippen molar-refractivity contribution < 1.29 is 8.42 Å². The van der Waals surface area contributed by atoms with Crippen LogP contribution < -0.4 is 4.72 Å². The topological polar surface area (TPSA) is 74.8 Å². The largest absolute Gasteiger partial charge is 0.284 e. The Labute approximate surface area is 107 Å². The van der Waals surface area contributed by atoms with Crippen LogP contribution in [0, 0.1) is 0 Å². The highest BCUT2D eigenvalue weighted by atomic mass is 79.9. The summed E-state index contributed by atoms with van der Waals surface area (Å²) < 4.78 is 26.3. The van der Waals surface area contributed by atoms with Gasteiger partial charge in [0.15, 0.2) is 0 Å². The van der Waals surface area contributed by atoms with E-state index in [4.69, 9.17) is 0 Å². The minimum atomic E-state index is -3.53. The third-order valence-corrected chi connectivity index (χ3v) is 4.18. The number of rotatable bonds is 4. The van der Waals surface area contributed by atoms with Gasteiger partial charge >= 0.3 is 0 Å². The molecule has 0 aliphatic carbocycles. The molecule has 2 aromatic rings. The number of aromatic amines is 1. The first-order valence-corrected chi connectivity index (χ1v) is 7.39. The van der Waals surface area contributed by atoms with Crippen LogP contribution in [0.25, 0.3) is 0 Å². The molecule has 0 radical (unpaired) electrons. The van der Waals surface area contributed by atoms with Crippen LogP contribution >= 0.6 is 15.9 Å². The van der Waals surface area contributed by atoms with E-state index in [9.17, 15) is 8.42 Å². The van der Waals surface area contributed by atoms with Crippen LogP contribution in [-0.4, -0.2) is 18.6 Å². The van der Waals surface area contributed by atoms with E-state index in [0.29, 0.717) is 11.0 Å². The van der Waals surface area contributed by atoms with Gasteiger partial charge in [-0.2, -0.15) is 5.10 Å². The van der Waals surface area contributed by atoms with Gasteiger partial charge in [0.1, 0.15) is 0 Å². The van der Waals surface area contributed by atoms with Gasteiger partial charge in [-0.25, -0.2) is 8.42 Å². The van der Waals surface area contributed by atoms with Gasteiger partial charge in [-0.05, 0) is 17.7 Å². The molecule has 17 heavy (non-hydrogen) atoms. The Bertz CT molecular complexity index is 579. The van der Waals surface area contributed by atoms with Gasteiger partial charge in [-0.3, -0.25) is 9.82 Å². The Morgan fingerprint density at radius 3 is 2.53 bits per heavy atom. The lowest BCUT2D eigenvalue weighted by Gasteiger charge is -2.06. The number of benzene rings is 1. The summed E-state index contributed by atoms with van der Waals surface area (Å²) in [6.45, 7) is 0. The minimum Gasteiger partial charge on any atom is -0.284 e. The van der Waals surface area contributed by atoms with Crippen LogP contribution in [0.2, 0.25) is 0 Å². The summed E-state index contributed by atoms with van der Waals surface area (Å²) >= 11 is 3.30. The average Bonchev–Trinajstić information content (AvgIpc) is 2.81. The normalized spacial score (nSPS) is 11.4. The van der Waals surface area contributed by atoms with E-state index in [1.807, 2.05) is 0 Å². The number of alkyl halides is 1. The van der Waals surface area contributed by atoms with Crippen LogP contribution in [0.1, 0.15) is 5.56 Å². The summed E-state index contributed by atoms with van der Waals surface area (Å²) in [5, 5.41) is 6.91. The lowest BCUT2D eigenvalue weighted by Crippen LogP contribution is -2.12. The third kappa shape index (κ3) is 2.86. The van der Waals surface area contributed by atoms with Gasteiger partial charge in [-0.15, -0.1) is 0 Å².